The molecule has 1 aromatic carbocycles. The summed E-state index contributed by atoms with van der Waals surface area (Å²) in [6, 6.07) is 10.5. The van der Waals surface area contributed by atoms with Gasteiger partial charge in [0.2, 0.25) is 10.0 Å². The zero-order valence-corrected chi connectivity index (χ0v) is 16.2. The van der Waals surface area contributed by atoms with Crippen LogP contribution in [-0.2, 0) is 23.0 Å². The summed E-state index contributed by atoms with van der Waals surface area (Å²) in [5.41, 5.74) is 1.36. The zero-order valence-electron chi connectivity index (χ0n) is 15.3. The van der Waals surface area contributed by atoms with Crippen LogP contribution in [0.2, 0.25) is 0 Å². The number of aromatic nitrogens is 2. The van der Waals surface area contributed by atoms with Gasteiger partial charge in [-0.1, -0.05) is 30.3 Å². The number of sulfonamides is 1. The van der Waals surface area contributed by atoms with Gasteiger partial charge in [0.05, 0.1) is 6.20 Å². The van der Waals surface area contributed by atoms with Crippen molar-refractivity contribution >= 4 is 10.0 Å². The van der Waals surface area contributed by atoms with Crippen molar-refractivity contribution in [3.63, 3.8) is 0 Å². The van der Waals surface area contributed by atoms with E-state index in [0.717, 1.165) is 45.3 Å². The normalized spacial score (nSPS) is 18.9. The minimum Gasteiger partial charge on any atom is -0.302 e. The summed E-state index contributed by atoms with van der Waals surface area (Å²) >= 11 is 0. The van der Waals surface area contributed by atoms with Gasteiger partial charge >= 0.3 is 0 Å². The molecule has 1 aromatic heterocycles. The fraction of sp³-hybridized carbons (Fsp3) is 0.526. The largest absolute Gasteiger partial charge is 0.302 e. The molecule has 1 saturated heterocycles. The highest BCUT2D eigenvalue weighted by Gasteiger charge is 2.25. The highest BCUT2D eigenvalue weighted by Crippen LogP contribution is 2.15. The molecule has 1 N–H and O–H groups in total. The van der Waals surface area contributed by atoms with E-state index < -0.39 is 10.0 Å². The summed E-state index contributed by atoms with van der Waals surface area (Å²) in [6.45, 7) is 5.41. The third kappa shape index (κ3) is 5.16. The van der Waals surface area contributed by atoms with E-state index in [0.29, 0.717) is 6.54 Å². The first-order chi connectivity index (χ1) is 12.6. The van der Waals surface area contributed by atoms with Gasteiger partial charge in [-0.2, -0.15) is 5.10 Å². The number of hydrogen-bond donors (Lipinski definition) is 1. The van der Waals surface area contributed by atoms with Crippen molar-refractivity contribution in [1.82, 2.24) is 19.4 Å². The van der Waals surface area contributed by atoms with Gasteiger partial charge in [-0.25, -0.2) is 13.1 Å². The molecule has 142 valence electrons. The van der Waals surface area contributed by atoms with Gasteiger partial charge in [-0.15, -0.1) is 0 Å². The lowest BCUT2D eigenvalue weighted by molar-refractivity contribution is 0.200. The second-order valence-corrected chi connectivity index (χ2v) is 8.60. The molecule has 26 heavy (non-hydrogen) atoms. The zero-order chi connectivity index (χ0) is 18.4. The molecule has 1 fully saturated rings. The van der Waals surface area contributed by atoms with Crippen LogP contribution in [-0.4, -0.2) is 48.8 Å². The molecule has 0 unspecified atom stereocenters. The number of likely N-dealkylation sites (tertiary alicyclic amines) is 1. The number of nitrogens with zero attached hydrogens (tertiary/aromatic N) is 3. The lowest BCUT2D eigenvalue weighted by atomic mass is 10.1. The fourth-order valence-electron chi connectivity index (χ4n) is 3.45. The minimum absolute atomic E-state index is 0.0320. The van der Waals surface area contributed by atoms with Crippen molar-refractivity contribution in [3.05, 3.63) is 48.3 Å². The first-order valence-corrected chi connectivity index (χ1v) is 10.9. The molecule has 1 aliphatic rings. The predicted octanol–water partition coefficient (Wildman–Crippen LogP) is 2.28. The molecule has 2 heterocycles. The maximum atomic E-state index is 12.6. The Hall–Kier alpha value is -1.70. The van der Waals surface area contributed by atoms with Crippen LogP contribution in [0.25, 0.3) is 0 Å². The van der Waals surface area contributed by atoms with Crippen LogP contribution >= 0.6 is 0 Å². The number of aryl methyl sites for hydroxylation is 2. The van der Waals surface area contributed by atoms with Crippen LogP contribution in [0, 0.1) is 0 Å². The summed E-state index contributed by atoms with van der Waals surface area (Å²) in [7, 11) is -3.50. The standard InChI is InChI=1S/C19H28N4O2S/c1-2-23-16-19(14-20-23)26(24,25)21-18-11-7-13-22(15-18)12-6-10-17-8-4-3-5-9-17/h3-5,8-9,14,16,18,21H,2,6-7,10-13,15H2,1H3/t18-/m0/s1. The van der Waals surface area contributed by atoms with E-state index in [-0.39, 0.29) is 10.9 Å². The third-order valence-corrected chi connectivity index (χ3v) is 6.33. The second kappa shape index (κ2) is 8.79. The SMILES string of the molecule is CCn1cc(S(=O)(=O)N[C@H]2CCCN(CCCc3ccccc3)C2)cn1. The molecule has 2 aromatic rings. The van der Waals surface area contributed by atoms with Gasteiger partial charge in [-0.3, -0.25) is 4.68 Å². The smallest absolute Gasteiger partial charge is 0.243 e. The van der Waals surface area contributed by atoms with E-state index in [9.17, 15) is 8.42 Å². The molecule has 0 aliphatic carbocycles. The summed E-state index contributed by atoms with van der Waals surface area (Å²) < 4.78 is 29.6. The molecule has 0 radical (unpaired) electrons. The molecule has 1 aliphatic heterocycles. The van der Waals surface area contributed by atoms with Crippen molar-refractivity contribution < 1.29 is 8.42 Å². The summed E-state index contributed by atoms with van der Waals surface area (Å²) in [5, 5.41) is 4.07. The Morgan fingerprint density at radius 3 is 2.81 bits per heavy atom. The highest BCUT2D eigenvalue weighted by atomic mass is 32.2. The first-order valence-electron chi connectivity index (χ1n) is 9.38. The van der Waals surface area contributed by atoms with E-state index in [2.05, 4.69) is 39.0 Å². The molecule has 0 amide bonds. The minimum atomic E-state index is -3.50. The number of piperidine rings is 1. The van der Waals surface area contributed by atoms with Crippen molar-refractivity contribution in [3.8, 4) is 0 Å². The molecule has 6 nitrogen and oxygen atoms in total. The lowest BCUT2D eigenvalue weighted by Gasteiger charge is -2.32. The van der Waals surface area contributed by atoms with Gasteiger partial charge in [0.15, 0.2) is 0 Å². The van der Waals surface area contributed by atoms with Crippen LogP contribution in [0.15, 0.2) is 47.6 Å². The molecular weight excluding hydrogens is 348 g/mol. The monoisotopic (exact) mass is 376 g/mol. The number of benzene rings is 1. The Balaban J connectivity index is 1.50. The maximum absolute atomic E-state index is 12.6. The molecule has 7 heteroatoms. The van der Waals surface area contributed by atoms with E-state index in [4.69, 9.17) is 0 Å². The van der Waals surface area contributed by atoms with Crippen molar-refractivity contribution in [2.45, 2.75) is 50.1 Å². The van der Waals surface area contributed by atoms with Crippen LogP contribution in [0.3, 0.4) is 0 Å². The van der Waals surface area contributed by atoms with E-state index in [1.807, 2.05) is 13.0 Å². The molecular formula is C19H28N4O2S. The van der Waals surface area contributed by atoms with Crippen LogP contribution < -0.4 is 4.72 Å². The number of rotatable bonds is 8. The second-order valence-electron chi connectivity index (χ2n) is 6.88. The Labute approximate surface area is 156 Å². The topological polar surface area (TPSA) is 67.2 Å². The van der Waals surface area contributed by atoms with E-state index in [1.165, 1.54) is 11.8 Å². The quantitative estimate of drug-likeness (QED) is 0.767. The summed E-state index contributed by atoms with van der Waals surface area (Å²) in [5.74, 6) is 0. The van der Waals surface area contributed by atoms with Crippen LogP contribution in [0.5, 0.6) is 0 Å². The Kier molecular flexibility index (Phi) is 6.45. The first kappa shape index (κ1) is 19.1. The third-order valence-electron chi connectivity index (χ3n) is 4.85. The van der Waals surface area contributed by atoms with Crippen LogP contribution in [0.1, 0.15) is 31.7 Å². The molecule has 1 atom stereocenters. The van der Waals surface area contributed by atoms with Gasteiger partial charge in [-0.05, 0) is 51.3 Å². The van der Waals surface area contributed by atoms with Crippen molar-refractivity contribution in [2.24, 2.45) is 0 Å². The fourth-order valence-corrected chi connectivity index (χ4v) is 4.66. The molecule has 3 rings (SSSR count). The van der Waals surface area contributed by atoms with E-state index >= 15 is 0 Å². The lowest BCUT2D eigenvalue weighted by Crippen LogP contribution is -2.47. The summed E-state index contributed by atoms with van der Waals surface area (Å²) in [4.78, 5) is 2.62. The van der Waals surface area contributed by atoms with Crippen LogP contribution in [0.4, 0.5) is 0 Å². The van der Waals surface area contributed by atoms with Gasteiger partial charge in [0.25, 0.3) is 0 Å². The molecule has 0 spiro atoms. The predicted molar refractivity (Wildman–Crippen MR) is 102 cm³/mol. The average Bonchev–Trinajstić information content (AvgIpc) is 3.13. The average molecular weight is 377 g/mol. The number of nitrogens with one attached hydrogen (secondary N) is 1. The summed E-state index contributed by atoms with van der Waals surface area (Å²) in [6.07, 6.45) is 7.06. The number of hydrogen-bond acceptors (Lipinski definition) is 4. The van der Waals surface area contributed by atoms with Crippen molar-refractivity contribution in [1.29, 1.82) is 0 Å². The van der Waals surface area contributed by atoms with Crippen molar-refractivity contribution in [2.75, 3.05) is 19.6 Å². The highest BCUT2D eigenvalue weighted by molar-refractivity contribution is 7.89. The van der Waals surface area contributed by atoms with Gasteiger partial charge in [0.1, 0.15) is 4.90 Å². The Bertz CT molecular complexity index is 789. The van der Waals surface area contributed by atoms with E-state index in [1.54, 1.807) is 10.9 Å². The van der Waals surface area contributed by atoms with Gasteiger partial charge < -0.3 is 4.90 Å². The Morgan fingerprint density at radius 2 is 2.08 bits per heavy atom. The molecule has 0 saturated carbocycles. The Morgan fingerprint density at radius 1 is 1.27 bits per heavy atom. The van der Waals surface area contributed by atoms with Gasteiger partial charge in [0, 0.05) is 25.3 Å². The maximum Gasteiger partial charge on any atom is 0.243 e. The molecule has 0 bridgehead atoms.